The molecule has 8 nitrogen and oxygen atoms in total. The highest BCUT2D eigenvalue weighted by Crippen LogP contribution is 2.35. The topological polar surface area (TPSA) is 84.3 Å². The number of rotatable bonds is 5. The zero-order valence-electron chi connectivity index (χ0n) is 19.2. The Morgan fingerprint density at radius 3 is 2.69 bits per heavy atom. The molecule has 2 aromatic heterocycles. The van der Waals surface area contributed by atoms with Gasteiger partial charge in [0.15, 0.2) is 0 Å². The van der Waals surface area contributed by atoms with Gasteiger partial charge in [0.2, 0.25) is 5.95 Å². The first-order chi connectivity index (χ1) is 15.4. The van der Waals surface area contributed by atoms with Gasteiger partial charge in [-0.25, -0.2) is 19.9 Å². The number of hydrogen-bond acceptors (Lipinski definition) is 7. The number of likely N-dealkylation sites (tertiary alicyclic amines) is 1. The van der Waals surface area contributed by atoms with Crippen molar-refractivity contribution in [2.45, 2.75) is 26.2 Å². The van der Waals surface area contributed by atoms with E-state index in [0.717, 1.165) is 29.0 Å². The third-order valence-electron chi connectivity index (χ3n) is 5.78. The van der Waals surface area contributed by atoms with E-state index >= 15 is 0 Å². The highest BCUT2D eigenvalue weighted by atomic mass is 16.5. The van der Waals surface area contributed by atoms with E-state index in [-0.39, 0.29) is 11.8 Å². The Labute approximate surface area is 188 Å². The molecule has 0 bridgehead atoms. The minimum atomic E-state index is -0.0326. The summed E-state index contributed by atoms with van der Waals surface area (Å²) < 4.78 is 5.41. The van der Waals surface area contributed by atoms with E-state index in [2.05, 4.69) is 15.0 Å². The lowest BCUT2D eigenvalue weighted by molar-refractivity contribution is 0.0789. The van der Waals surface area contributed by atoms with Crippen LogP contribution >= 0.6 is 0 Å². The van der Waals surface area contributed by atoms with Crippen molar-refractivity contribution in [2.24, 2.45) is 0 Å². The summed E-state index contributed by atoms with van der Waals surface area (Å²) in [4.78, 5) is 34.9. The molecule has 8 heteroatoms. The maximum Gasteiger partial charge on any atom is 0.257 e. The fraction of sp³-hybridized carbons (Fsp3) is 0.375. The molecule has 1 unspecified atom stereocenters. The number of methoxy groups -OCH3 is 1. The van der Waals surface area contributed by atoms with Crippen LogP contribution in [0.1, 0.15) is 39.9 Å². The molecule has 3 aromatic rings. The maximum absolute atomic E-state index is 13.2. The summed E-state index contributed by atoms with van der Waals surface area (Å²) in [6, 6.07) is 7.90. The van der Waals surface area contributed by atoms with Gasteiger partial charge in [0.05, 0.1) is 24.1 Å². The van der Waals surface area contributed by atoms with Crippen molar-refractivity contribution in [1.82, 2.24) is 24.8 Å². The zero-order chi connectivity index (χ0) is 22.8. The van der Waals surface area contributed by atoms with Crippen LogP contribution in [0.3, 0.4) is 0 Å². The van der Waals surface area contributed by atoms with E-state index in [4.69, 9.17) is 9.72 Å². The predicted molar refractivity (Wildman–Crippen MR) is 123 cm³/mol. The zero-order valence-corrected chi connectivity index (χ0v) is 19.2. The van der Waals surface area contributed by atoms with Crippen molar-refractivity contribution < 1.29 is 9.53 Å². The number of hydrogen-bond donors (Lipinski definition) is 0. The van der Waals surface area contributed by atoms with E-state index in [1.165, 1.54) is 0 Å². The smallest absolute Gasteiger partial charge is 0.257 e. The maximum atomic E-state index is 13.2. The summed E-state index contributed by atoms with van der Waals surface area (Å²) in [5.41, 5.74) is 4.17. The van der Waals surface area contributed by atoms with E-state index < -0.39 is 0 Å². The molecule has 0 spiro atoms. The van der Waals surface area contributed by atoms with Crippen LogP contribution in [0.2, 0.25) is 0 Å². The van der Waals surface area contributed by atoms with Crippen LogP contribution in [0.15, 0.2) is 36.7 Å². The molecule has 0 N–H and O–H groups in total. The average Bonchev–Trinajstić information content (AvgIpc) is 3.28. The number of amides is 1. The van der Waals surface area contributed by atoms with Crippen LogP contribution in [0, 0.1) is 13.8 Å². The van der Waals surface area contributed by atoms with Crippen LogP contribution in [-0.2, 0) is 0 Å². The standard InChI is InChI=1S/C24H28N6O2/c1-15-20(12-25-16(2)27-15)23(31)30-10-9-18(14-30)22-21(13-26-24(28-22)29(3)4)17-7-6-8-19(11-17)32-5/h6-8,11-13,18H,9-10,14H2,1-5H3. The van der Waals surface area contributed by atoms with Gasteiger partial charge in [0.25, 0.3) is 5.91 Å². The second-order valence-electron chi connectivity index (χ2n) is 8.25. The number of benzene rings is 1. The number of ether oxygens (including phenoxy) is 1. The third-order valence-corrected chi connectivity index (χ3v) is 5.78. The van der Waals surface area contributed by atoms with Crippen LogP contribution in [-0.4, -0.2) is 65.0 Å². The minimum absolute atomic E-state index is 0.0326. The molecule has 1 fully saturated rings. The van der Waals surface area contributed by atoms with Gasteiger partial charge < -0.3 is 14.5 Å². The molecule has 1 aliphatic heterocycles. The number of carbonyl (C=O) groups excluding carboxylic acids is 1. The summed E-state index contributed by atoms with van der Waals surface area (Å²) in [6.45, 7) is 4.93. The monoisotopic (exact) mass is 432 g/mol. The summed E-state index contributed by atoms with van der Waals surface area (Å²) >= 11 is 0. The Morgan fingerprint density at radius 1 is 1.16 bits per heavy atom. The van der Waals surface area contributed by atoms with Gasteiger partial charge in [0, 0.05) is 51.1 Å². The van der Waals surface area contributed by atoms with Gasteiger partial charge in [0.1, 0.15) is 11.6 Å². The van der Waals surface area contributed by atoms with Gasteiger partial charge in [-0.15, -0.1) is 0 Å². The highest BCUT2D eigenvalue weighted by Gasteiger charge is 2.32. The highest BCUT2D eigenvalue weighted by molar-refractivity contribution is 5.95. The summed E-state index contributed by atoms with van der Waals surface area (Å²) in [5, 5.41) is 0. The molecule has 32 heavy (non-hydrogen) atoms. The fourth-order valence-electron chi connectivity index (χ4n) is 4.06. The van der Waals surface area contributed by atoms with Crippen molar-refractivity contribution in [3.8, 4) is 16.9 Å². The molecule has 3 heterocycles. The van der Waals surface area contributed by atoms with Crippen molar-refractivity contribution in [3.63, 3.8) is 0 Å². The van der Waals surface area contributed by atoms with E-state index in [0.29, 0.717) is 36.1 Å². The lowest BCUT2D eigenvalue weighted by Gasteiger charge is -2.20. The summed E-state index contributed by atoms with van der Waals surface area (Å²) in [6.07, 6.45) is 4.33. The van der Waals surface area contributed by atoms with Gasteiger partial charge in [-0.3, -0.25) is 4.79 Å². The molecule has 1 saturated heterocycles. The number of aryl methyl sites for hydroxylation is 2. The van der Waals surface area contributed by atoms with Crippen LogP contribution in [0.25, 0.3) is 11.1 Å². The second-order valence-corrected chi connectivity index (χ2v) is 8.25. The minimum Gasteiger partial charge on any atom is -0.497 e. The molecular formula is C24H28N6O2. The molecule has 4 rings (SSSR count). The summed E-state index contributed by atoms with van der Waals surface area (Å²) in [5.74, 6) is 2.17. The number of anilines is 1. The van der Waals surface area contributed by atoms with E-state index in [1.807, 2.05) is 68.2 Å². The first-order valence-corrected chi connectivity index (χ1v) is 10.7. The molecule has 1 aromatic carbocycles. The number of aromatic nitrogens is 4. The quantitative estimate of drug-likeness (QED) is 0.612. The van der Waals surface area contributed by atoms with Crippen LogP contribution in [0.4, 0.5) is 5.95 Å². The van der Waals surface area contributed by atoms with E-state index in [1.54, 1.807) is 13.3 Å². The molecule has 1 atom stereocenters. The Kier molecular flexibility index (Phi) is 6.03. The lowest BCUT2D eigenvalue weighted by Crippen LogP contribution is -2.29. The van der Waals surface area contributed by atoms with Crippen molar-refractivity contribution in [2.75, 3.05) is 39.2 Å². The molecule has 1 amide bonds. The molecular weight excluding hydrogens is 404 g/mol. The molecule has 0 aliphatic carbocycles. The molecule has 0 radical (unpaired) electrons. The molecule has 0 saturated carbocycles. The van der Waals surface area contributed by atoms with Gasteiger partial charge in [-0.2, -0.15) is 0 Å². The van der Waals surface area contributed by atoms with Crippen LogP contribution < -0.4 is 9.64 Å². The molecule has 166 valence electrons. The molecule has 1 aliphatic rings. The van der Waals surface area contributed by atoms with E-state index in [9.17, 15) is 4.79 Å². The Hall–Kier alpha value is -3.55. The third kappa shape index (κ3) is 4.26. The second kappa shape index (κ2) is 8.90. The Bertz CT molecular complexity index is 1150. The number of carbonyl (C=O) groups is 1. The predicted octanol–water partition coefficient (Wildman–Crippen LogP) is 3.25. The van der Waals surface area contributed by atoms with Crippen molar-refractivity contribution in [1.29, 1.82) is 0 Å². The summed E-state index contributed by atoms with van der Waals surface area (Å²) in [7, 11) is 5.51. The van der Waals surface area contributed by atoms with Gasteiger partial charge >= 0.3 is 0 Å². The lowest BCUT2D eigenvalue weighted by atomic mass is 9.96. The first-order valence-electron chi connectivity index (χ1n) is 10.7. The Balaban J connectivity index is 1.66. The SMILES string of the molecule is COc1cccc(-c2cnc(N(C)C)nc2C2CCN(C(=O)c3cnc(C)nc3C)C2)c1. The fourth-order valence-corrected chi connectivity index (χ4v) is 4.06. The average molecular weight is 433 g/mol. The Morgan fingerprint density at radius 2 is 1.97 bits per heavy atom. The van der Waals surface area contributed by atoms with Crippen molar-refractivity contribution in [3.05, 3.63) is 59.4 Å². The number of nitrogens with zero attached hydrogens (tertiary/aromatic N) is 6. The first kappa shape index (κ1) is 21.7. The van der Waals surface area contributed by atoms with Gasteiger partial charge in [-0.1, -0.05) is 12.1 Å². The van der Waals surface area contributed by atoms with Crippen molar-refractivity contribution >= 4 is 11.9 Å². The normalized spacial score (nSPS) is 15.7. The van der Waals surface area contributed by atoms with Crippen LogP contribution in [0.5, 0.6) is 5.75 Å². The largest absolute Gasteiger partial charge is 0.497 e. The van der Waals surface area contributed by atoms with Gasteiger partial charge in [-0.05, 0) is 38.0 Å².